The Morgan fingerprint density at radius 3 is 2.77 bits per heavy atom. The van der Waals surface area contributed by atoms with E-state index in [4.69, 9.17) is 16.7 Å². The summed E-state index contributed by atoms with van der Waals surface area (Å²) in [5, 5.41) is 8.84. The smallest absolute Gasteiger partial charge is 0.304 e. The molecule has 0 amide bonds. The summed E-state index contributed by atoms with van der Waals surface area (Å²) in [5.41, 5.74) is 0.645. The average molecular weight is 201 g/mol. The fraction of sp³-hybridized carbons (Fsp3) is 0.375. The van der Waals surface area contributed by atoms with Gasteiger partial charge in [0.05, 0.1) is 24.5 Å². The second-order valence-corrected chi connectivity index (χ2v) is 3.15. The van der Waals surface area contributed by atoms with Gasteiger partial charge in [-0.2, -0.15) is 0 Å². The third kappa shape index (κ3) is 2.99. The number of hydrogen-bond donors (Lipinski definition) is 1. The van der Waals surface area contributed by atoms with Gasteiger partial charge < -0.3 is 5.11 Å². The second kappa shape index (κ2) is 4.18. The lowest BCUT2D eigenvalue weighted by atomic mass is 10.1. The first kappa shape index (κ1) is 9.92. The third-order valence-electron chi connectivity index (χ3n) is 1.63. The molecule has 0 bridgehead atoms. The van der Waals surface area contributed by atoms with E-state index < -0.39 is 5.97 Å². The van der Waals surface area contributed by atoms with Gasteiger partial charge in [0, 0.05) is 5.92 Å². The minimum Gasteiger partial charge on any atom is -0.481 e. The summed E-state index contributed by atoms with van der Waals surface area (Å²) in [4.78, 5) is 18.2. The summed E-state index contributed by atoms with van der Waals surface area (Å²) in [6.07, 6.45) is 2.96. The number of aromatic nitrogens is 2. The molecule has 0 aliphatic carbocycles. The number of aliphatic carboxylic acids is 1. The Kier molecular flexibility index (Phi) is 3.19. The molecule has 0 fully saturated rings. The Bertz CT molecular complexity index is 300. The minimum atomic E-state index is -0.843. The quantitative estimate of drug-likeness (QED) is 0.807. The Balaban J connectivity index is 2.71. The highest BCUT2D eigenvalue weighted by Crippen LogP contribution is 2.16. The van der Waals surface area contributed by atoms with Crippen LogP contribution in [0.4, 0.5) is 0 Å². The highest BCUT2D eigenvalue weighted by atomic mass is 35.5. The number of hydrogen-bond acceptors (Lipinski definition) is 3. The molecule has 1 aromatic heterocycles. The molecule has 0 aliphatic rings. The molecule has 13 heavy (non-hydrogen) atoms. The van der Waals surface area contributed by atoms with Gasteiger partial charge in [0.25, 0.3) is 0 Å². The number of halogens is 1. The number of nitrogens with zero attached hydrogens (tertiary/aromatic N) is 2. The molecule has 0 aliphatic heterocycles. The fourth-order valence-electron chi connectivity index (χ4n) is 0.943. The highest BCUT2D eigenvalue weighted by molar-refractivity contribution is 6.29. The van der Waals surface area contributed by atoms with Crippen LogP contribution >= 0.6 is 11.6 Å². The zero-order valence-corrected chi connectivity index (χ0v) is 7.82. The molecule has 0 aromatic carbocycles. The van der Waals surface area contributed by atoms with E-state index in [1.165, 1.54) is 12.4 Å². The first-order valence-corrected chi connectivity index (χ1v) is 4.16. The van der Waals surface area contributed by atoms with Crippen LogP contribution in [0.2, 0.25) is 5.15 Å². The average Bonchev–Trinajstić information content (AvgIpc) is 2.04. The molecule has 1 aromatic rings. The van der Waals surface area contributed by atoms with Crippen LogP contribution < -0.4 is 0 Å². The van der Waals surface area contributed by atoms with E-state index in [0.717, 1.165) is 0 Å². The van der Waals surface area contributed by atoms with Crippen molar-refractivity contribution < 1.29 is 9.90 Å². The van der Waals surface area contributed by atoms with Crippen LogP contribution in [0.3, 0.4) is 0 Å². The lowest BCUT2D eigenvalue weighted by Crippen LogP contribution is -2.04. The SMILES string of the molecule is CC(CC(=O)O)c1cnc(Cl)cn1. The standard InChI is InChI=1S/C8H9ClN2O2/c1-5(2-8(12)13)6-3-11-7(9)4-10-6/h3-5H,2H2,1H3,(H,12,13). The lowest BCUT2D eigenvalue weighted by Gasteiger charge is -2.06. The van der Waals surface area contributed by atoms with Crippen LogP contribution in [0.5, 0.6) is 0 Å². The molecule has 1 unspecified atom stereocenters. The Hall–Kier alpha value is -1.16. The molecular formula is C8H9ClN2O2. The predicted octanol–water partition coefficient (Wildman–Crippen LogP) is 1.71. The number of carboxylic acid groups (broad SMARTS) is 1. The molecule has 1 heterocycles. The summed E-state index contributed by atoms with van der Waals surface area (Å²) < 4.78 is 0. The van der Waals surface area contributed by atoms with Crippen molar-refractivity contribution in [2.24, 2.45) is 0 Å². The Labute approximate surface area is 80.6 Å². The van der Waals surface area contributed by atoms with Crippen LogP contribution in [0, 0.1) is 0 Å². The van der Waals surface area contributed by atoms with E-state index in [0.29, 0.717) is 10.8 Å². The highest BCUT2D eigenvalue weighted by Gasteiger charge is 2.11. The molecule has 1 atom stereocenters. The zero-order chi connectivity index (χ0) is 9.84. The van der Waals surface area contributed by atoms with Crippen LogP contribution in [-0.2, 0) is 4.79 Å². The van der Waals surface area contributed by atoms with Gasteiger partial charge in [0.15, 0.2) is 0 Å². The van der Waals surface area contributed by atoms with Crippen molar-refractivity contribution >= 4 is 17.6 Å². The zero-order valence-electron chi connectivity index (χ0n) is 7.07. The molecule has 4 nitrogen and oxygen atoms in total. The number of rotatable bonds is 3. The molecule has 0 saturated heterocycles. The van der Waals surface area contributed by atoms with Gasteiger partial charge in [-0.1, -0.05) is 18.5 Å². The normalized spacial score (nSPS) is 12.5. The maximum atomic E-state index is 10.4. The molecule has 70 valence electrons. The van der Waals surface area contributed by atoms with Crippen molar-refractivity contribution in [1.82, 2.24) is 9.97 Å². The summed E-state index contributed by atoms with van der Waals surface area (Å²) in [7, 11) is 0. The number of carboxylic acids is 1. The van der Waals surface area contributed by atoms with Gasteiger partial charge in [-0.25, -0.2) is 4.98 Å². The van der Waals surface area contributed by atoms with E-state index in [-0.39, 0.29) is 12.3 Å². The van der Waals surface area contributed by atoms with Crippen LogP contribution in [0.15, 0.2) is 12.4 Å². The molecule has 0 saturated carbocycles. The summed E-state index contributed by atoms with van der Waals surface area (Å²) >= 11 is 5.53. The minimum absolute atomic E-state index is 0.0519. The van der Waals surface area contributed by atoms with Crippen molar-refractivity contribution in [3.05, 3.63) is 23.2 Å². The predicted molar refractivity (Wildman–Crippen MR) is 47.7 cm³/mol. The summed E-state index contributed by atoms with van der Waals surface area (Å²) in [5.74, 6) is -0.980. The van der Waals surface area contributed by atoms with Crippen molar-refractivity contribution in [3.8, 4) is 0 Å². The van der Waals surface area contributed by atoms with Crippen molar-refractivity contribution in [3.63, 3.8) is 0 Å². The largest absolute Gasteiger partial charge is 0.481 e. The van der Waals surface area contributed by atoms with Gasteiger partial charge in [-0.3, -0.25) is 9.78 Å². The maximum Gasteiger partial charge on any atom is 0.304 e. The Morgan fingerprint density at radius 2 is 2.31 bits per heavy atom. The first-order chi connectivity index (χ1) is 6.09. The van der Waals surface area contributed by atoms with Crippen LogP contribution in [0.25, 0.3) is 0 Å². The molecule has 5 heteroatoms. The van der Waals surface area contributed by atoms with Gasteiger partial charge >= 0.3 is 5.97 Å². The van der Waals surface area contributed by atoms with Gasteiger partial charge in [0.2, 0.25) is 0 Å². The van der Waals surface area contributed by atoms with E-state index >= 15 is 0 Å². The van der Waals surface area contributed by atoms with Gasteiger partial charge in [-0.15, -0.1) is 0 Å². The maximum absolute atomic E-state index is 10.4. The van der Waals surface area contributed by atoms with E-state index in [9.17, 15) is 4.79 Å². The lowest BCUT2D eigenvalue weighted by molar-refractivity contribution is -0.137. The summed E-state index contributed by atoms with van der Waals surface area (Å²) in [6, 6.07) is 0. The molecule has 0 spiro atoms. The van der Waals surface area contributed by atoms with Crippen LogP contribution in [0.1, 0.15) is 25.0 Å². The Morgan fingerprint density at radius 1 is 1.62 bits per heavy atom. The monoisotopic (exact) mass is 200 g/mol. The molecule has 0 radical (unpaired) electrons. The van der Waals surface area contributed by atoms with E-state index in [2.05, 4.69) is 9.97 Å². The first-order valence-electron chi connectivity index (χ1n) is 3.79. The van der Waals surface area contributed by atoms with Gasteiger partial charge in [0.1, 0.15) is 5.15 Å². The van der Waals surface area contributed by atoms with Crippen molar-refractivity contribution in [2.45, 2.75) is 19.3 Å². The number of carbonyl (C=O) groups is 1. The van der Waals surface area contributed by atoms with E-state index in [1.54, 1.807) is 6.92 Å². The summed E-state index contributed by atoms with van der Waals surface area (Å²) in [6.45, 7) is 1.78. The van der Waals surface area contributed by atoms with Gasteiger partial charge in [-0.05, 0) is 0 Å². The van der Waals surface area contributed by atoms with Crippen molar-refractivity contribution in [1.29, 1.82) is 0 Å². The molecule has 1 rings (SSSR count). The van der Waals surface area contributed by atoms with Crippen LogP contribution in [-0.4, -0.2) is 21.0 Å². The second-order valence-electron chi connectivity index (χ2n) is 2.76. The van der Waals surface area contributed by atoms with Crippen molar-refractivity contribution in [2.75, 3.05) is 0 Å². The topological polar surface area (TPSA) is 63.1 Å². The molecular weight excluding hydrogens is 192 g/mol. The third-order valence-corrected chi connectivity index (χ3v) is 1.82. The fourth-order valence-corrected chi connectivity index (χ4v) is 1.04. The molecule has 1 N–H and O–H groups in total. The van der Waals surface area contributed by atoms with E-state index in [1.807, 2.05) is 0 Å².